The summed E-state index contributed by atoms with van der Waals surface area (Å²) in [4.78, 5) is 12.6. The quantitative estimate of drug-likeness (QED) is 0.649. The number of aryl methyl sites for hydroxylation is 2. The van der Waals surface area contributed by atoms with Gasteiger partial charge in [0.25, 0.3) is 5.91 Å². The Balaban J connectivity index is 1.60. The standard InChI is InChI=1S/C22H25N3O2/c1-4-21-20(15-24-25(21)18-8-6-5-7-9-18)22(26)23-10-11-27-19-13-16(2)12-17(3)14-19/h5-9,12-15H,4,10-11H2,1-3H3,(H,23,26). The summed E-state index contributed by atoms with van der Waals surface area (Å²) in [5.74, 6) is 0.700. The second-order valence-electron chi connectivity index (χ2n) is 6.53. The number of nitrogens with one attached hydrogen (secondary N) is 1. The van der Waals surface area contributed by atoms with Gasteiger partial charge in [0.15, 0.2) is 0 Å². The van der Waals surface area contributed by atoms with Crippen molar-refractivity contribution in [3.05, 3.63) is 77.1 Å². The van der Waals surface area contributed by atoms with Crippen LogP contribution in [0.15, 0.2) is 54.7 Å². The van der Waals surface area contributed by atoms with E-state index in [-0.39, 0.29) is 5.91 Å². The molecule has 1 amide bonds. The third-order valence-corrected chi connectivity index (χ3v) is 4.30. The molecule has 27 heavy (non-hydrogen) atoms. The van der Waals surface area contributed by atoms with Crippen molar-refractivity contribution in [2.45, 2.75) is 27.2 Å². The first kappa shape index (κ1) is 18.7. The Morgan fingerprint density at radius 2 is 1.81 bits per heavy atom. The molecule has 0 spiro atoms. The Hall–Kier alpha value is -3.08. The van der Waals surface area contributed by atoms with Crippen LogP contribution in [0.5, 0.6) is 5.75 Å². The highest BCUT2D eigenvalue weighted by atomic mass is 16.5. The number of para-hydroxylation sites is 1. The fourth-order valence-corrected chi connectivity index (χ4v) is 3.14. The zero-order valence-corrected chi connectivity index (χ0v) is 16.0. The molecule has 140 valence electrons. The largest absolute Gasteiger partial charge is 0.492 e. The molecule has 0 saturated carbocycles. The molecule has 0 bridgehead atoms. The third-order valence-electron chi connectivity index (χ3n) is 4.30. The highest BCUT2D eigenvalue weighted by Gasteiger charge is 2.16. The Kier molecular flexibility index (Phi) is 5.91. The summed E-state index contributed by atoms with van der Waals surface area (Å²) in [6.45, 7) is 6.96. The molecule has 0 aliphatic heterocycles. The number of rotatable bonds is 7. The Labute approximate surface area is 160 Å². The van der Waals surface area contributed by atoms with Gasteiger partial charge in [-0.15, -0.1) is 0 Å². The van der Waals surface area contributed by atoms with Gasteiger partial charge in [-0.1, -0.05) is 31.2 Å². The van der Waals surface area contributed by atoms with Gasteiger partial charge in [0, 0.05) is 0 Å². The van der Waals surface area contributed by atoms with Crippen molar-refractivity contribution in [3.8, 4) is 11.4 Å². The van der Waals surface area contributed by atoms with Crippen LogP contribution in [-0.4, -0.2) is 28.8 Å². The topological polar surface area (TPSA) is 56.1 Å². The van der Waals surface area contributed by atoms with Crippen molar-refractivity contribution in [1.29, 1.82) is 0 Å². The maximum absolute atomic E-state index is 12.6. The molecule has 1 heterocycles. The number of carbonyl (C=O) groups is 1. The van der Waals surface area contributed by atoms with Crippen LogP contribution in [0.2, 0.25) is 0 Å². The first-order valence-corrected chi connectivity index (χ1v) is 9.20. The molecule has 1 aromatic heterocycles. The lowest BCUT2D eigenvalue weighted by molar-refractivity contribution is 0.0946. The smallest absolute Gasteiger partial charge is 0.254 e. The van der Waals surface area contributed by atoms with Crippen molar-refractivity contribution in [2.75, 3.05) is 13.2 Å². The van der Waals surface area contributed by atoms with Gasteiger partial charge in [-0.05, 0) is 55.7 Å². The van der Waals surface area contributed by atoms with Gasteiger partial charge >= 0.3 is 0 Å². The normalized spacial score (nSPS) is 10.6. The van der Waals surface area contributed by atoms with E-state index in [1.54, 1.807) is 6.20 Å². The van der Waals surface area contributed by atoms with E-state index < -0.39 is 0 Å². The molecule has 0 atom stereocenters. The minimum Gasteiger partial charge on any atom is -0.492 e. The molecule has 3 rings (SSSR count). The first-order chi connectivity index (χ1) is 13.1. The van der Waals surface area contributed by atoms with Crippen molar-refractivity contribution in [2.24, 2.45) is 0 Å². The molecule has 0 radical (unpaired) electrons. The lowest BCUT2D eigenvalue weighted by atomic mass is 10.1. The molecule has 5 heteroatoms. The number of carbonyl (C=O) groups excluding carboxylic acids is 1. The van der Waals surface area contributed by atoms with E-state index in [4.69, 9.17) is 4.74 Å². The van der Waals surface area contributed by atoms with Crippen LogP contribution in [0.1, 0.15) is 34.1 Å². The zero-order valence-electron chi connectivity index (χ0n) is 16.0. The highest BCUT2D eigenvalue weighted by molar-refractivity contribution is 5.95. The first-order valence-electron chi connectivity index (χ1n) is 9.20. The summed E-state index contributed by atoms with van der Waals surface area (Å²) in [5, 5.41) is 7.32. The van der Waals surface area contributed by atoms with Crippen molar-refractivity contribution in [3.63, 3.8) is 0 Å². The molecular weight excluding hydrogens is 338 g/mol. The monoisotopic (exact) mass is 363 g/mol. The van der Waals surface area contributed by atoms with Crippen LogP contribution in [0, 0.1) is 13.8 Å². The van der Waals surface area contributed by atoms with Crippen molar-refractivity contribution < 1.29 is 9.53 Å². The number of hydrogen-bond donors (Lipinski definition) is 1. The fraction of sp³-hybridized carbons (Fsp3) is 0.273. The summed E-state index contributed by atoms with van der Waals surface area (Å²) < 4.78 is 7.57. The number of ether oxygens (including phenoxy) is 1. The van der Waals surface area contributed by atoms with E-state index in [0.717, 1.165) is 34.7 Å². The minimum atomic E-state index is -0.127. The summed E-state index contributed by atoms with van der Waals surface area (Å²) in [6.07, 6.45) is 2.35. The van der Waals surface area contributed by atoms with E-state index in [2.05, 4.69) is 16.5 Å². The van der Waals surface area contributed by atoms with Crippen LogP contribution < -0.4 is 10.1 Å². The lowest BCUT2D eigenvalue weighted by Gasteiger charge is -2.10. The average molecular weight is 363 g/mol. The van der Waals surface area contributed by atoms with Crippen molar-refractivity contribution >= 4 is 5.91 Å². The molecule has 3 aromatic rings. The summed E-state index contributed by atoms with van der Waals surface area (Å²) in [5.41, 5.74) is 4.78. The van der Waals surface area contributed by atoms with E-state index >= 15 is 0 Å². The van der Waals surface area contributed by atoms with E-state index in [0.29, 0.717) is 18.7 Å². The van der Waals surface area contributed by atoms with Crippen LogP contribution >= 0.6 is 0 Å². The van der Waals surface area contributed by atoms with E-state index in [9.17, 15) is 4.79 Å². The van der Waals surface area contributed by atoms with E-state index in [1.165, 1.54) is 0 Å². The second-order valence-corrected chi connectivity index (χ2v) is 6.53. The molecule has 0 unspecified atom stereocenters. The van der Waals surface area contributed by atoms with Gasteiger partial charge in [0.05, 0.1) is 29.7 Å². The average Bonchev–Trinajstić information content (AvgIpc) is 3.09. The van der Waals surface area contributed by atoms with Crippen molar-refractivity contribution in [1.82, 2.24) is 15.1 Å². The number of amides is 1. The van der Waals surface area contributed by atoms with Crippen LogP contribution in [0.25, 0.3) is 5.69 Å². The van der Waals surface area contributed by atoms with Gasteiger partial charge < -0.3 is 10.1 Å². The number of nitrogens with zero attached hydrogens (tertiary/aromatic N) is 2. The Morgan fingerprint density at radius 3 is 2.48 bits per heavy atom. The maximum Gasteiger partial charge on any atom is 0.254 e. The Morgan fingerprint density at radius 1 is 1.11 bits per heavy atom. The minimum absolute atomic E-state index is 0.127. The molecule has 0 saturated heterocycles. The van der Waals surface area contributed by atoms with Crippen LogP contribution in [0.4, 0.5) is 0 Å². The van der Waals surface area contributed by atoms with Gasteiger partial charge in [0.2, 0.25) is 0 Å². The summed E-state index contributed by atoms with van der Waals surface area (Å²) in [6, 6.07) is 15.9. The van der Waals surface area contributed by atoms with Gasteiger partial charge in [-0.25, -0.2) is 4.68 Å². The van der Waals surface area contributed by atoms with Gasteiger partial charge in [-0.3, -0.25) is 4.79 Å². The molecule has 2 aromatic carbocycles. The number of benzene rings is 2. The van der Waals surface area contributed by atoms with Gasteiger partial charge in [0.1, 0.15) is 12.4 Å². The fourth-order valence-electron chi connectivity index (χ4n) is 3.14. The molecule has 1 N–H and O–H groups in total. The van der Waals surface area contributed by atoms with Crippen LogP contribution in [-0.2, 0) is 6.42 Å². The van der Waals surface area contributed by atoms with E-state index in [1.807, 2.05) is 67.9 Å². The SMILES string of the molecule is CCc1c(C(=O)NCCOc2cc(C)cc(C)c2)cnn1-c1ccccc1. The van der Waals surface area contributed by atoms with Crippen LogP contribution in [0.3, 0.4) is 0 Å². The maximum atomic E-state index is 12.6. The lowest BCUT2D eigenvalue weighted by Crippen LogP contribution is -2.28. The summed E-state index contributed by atoms with van der Waals surface area (Å²) >= 11 is 0. The molecule has 0 aliphatic rings. The Bertz CT molecular complexity index is 896. The molecule has 5 nitrogen and oxygen atoms in total. The predicted octanol–water partition coefficient (Wildman–Crippen LogP) is 3.86. The molecule has 0 fully saturated rings. The predicted molar refractivity (Wildman–Crippen MR) is 107 cm³/mol. The van der Waals surface area contributed by atoms with Gasteiger partial charge in [-0.2, -0.15) is 5.10 Å². The number of aromatic nitrogens is 2. The second kappa shape index (κ2) is 8.54. The highest BCUT2D eigenvalue weighted by Crippen LogP contribution is 2.17. The molecule has 0 aliphatic carbocycles. The zero-order chi connectivity index (χ0) is 19.2. The summed E-state index contributed by atoms with van der Waals surface area (Å²) in [7, 11) is 0. The molecular formula is C22H25N3O2. The third kappa shape index (κ3) is 4.56. The number of hydrogen-bond acceptors (Lipinski definition) is 3.